The third kappa shape index (κ3) is 10.4. The van der Waals surface area contributed by atoms with Crippen molar-refractivity contribution in [2.45, 2.75) is 40.0 Å². The van der Waals surface area contributed by atoms with Crippen LogP contribution in [0.1, 0.15) is 40.0 Å². The highest BCUT2D eigenvalue weighted by molar-refractivity contribution is 4.71. The molecule has 0 fully saturated rings. The fourth-order valence-electron chi connectivity index (χ4n) is 1.59. The van der Waals surface area contributed by atoms with Crippen molar-refractivity contribution in [1.29, 1.82) is 0 Å². The first kappa shape index (κ1) is 15.9. The van der Waals surface area contributed by atoms with Crippen molar-refractivity contribution in [3.63, 3.8) is 0 Å². The fraction of sp³-hybridized carbons (Fsp3) is 1.00. The first-order valence-corrected chi connectivity index (χ1v) is 6.40. The molecule has 0 spiro atoms. The monoisotopic (exact) mass is 231 g/mol. The van der Waals surface area contributed by atoms with E-state index >= 15 is 0 Å². The van der Waals surface area contributed by atoms with Crippen molar-refractivity contribution < 1.29 is 9.47 Å². The Morgan fingerprint density at radius 1 is 1.12 bits per heavy atom. The summed E-state index contributed by atoms with van der Waals surface area (Å²) in [7, 11) is 1.70. The average Bonchev–Trinajstić information content (AvgIpc) is 2.23. The Morgan fingerprint density at radius 2 is 1.88 bits per heavy atom. The van der Waals surface area contributed by atoms with Crippen molar-refractivity contribution in [2.75, 3.05) is 40.0 Å². The Labute approximate surface area is 101 Å². The molecular weight excluding hydrogens is 202 g/mol. The van der Waals surface area contributed by atoms with Crippen LogP contribution in [0.4, 0.5) is 0 Å². The summed E-state index contributed by atoms with van der Waals surface area (Å²) in [5.41, 5.74) is 0.375. The van der Waals surface area contributed by atoms with E-state index in [1.54, 1.807) is 7.11 Å². The zero-order valence-electron chi connectivity index (χ0n) is 11.5. The van der Waals surface area contributed by atoms with Crippen LogP contribution < -0.4 is 5.32 Å². The summed E-state index contributed by atoms with van der Waals surface area (Å²) in [6, 6.07) is 0. The normalized spacial score (nSPS) is 12.0. The summed E-state index contributed by atoms with van der Waals surface area (Å²) in [5, 5.41) is 3.48. The number of hydrogen-bond donors (Lipinski definition) is 1. The van der Waals surface area contributed by atoms with Crippen LogP contribution in [0.25, 0.3) is 0 Å². The Hall–Kier alpha value is -0.120. The maximum absolute atomic E-state index is 5.45. The van der Waals surface area contributed by atoms with Gasteiger partial charge in [0.15, 0.2) is 0 Å². The largest absolute Gasteiger partial charge is 0.382 e. The van der Waals surface area contributed by atoms with E-state index < -0.39 is 0 Å². The van der Waals surface area contributed by atoms with E-state index in [0.717, 1.165) is 26.1 Å². The predicted octanol–water partition coefficient (Wildman–Crippen LogP) is 2.46. The molecule has 16 heavy (non-hydrogen) atoms. The van der Waals surface area contributed by atoms with Crippen molar-refractivity contribution in [2.24, 2.45) is 5.41 Å². The molecule has 0 aromatic rings. The molecular formula is C13H29NO2. The molecule has 0 radical (unpaired) electrons. The highest BCUT2D eigenvalue weighted by Gasteiger charge is 2.16. The molecule has 0 aliphatic carbocycles. The van der Waals surface area contributed by atoms with Gasteiger partial charge in [-0.2, -0.15) is 0 Å². The Morgan fingerprint density at radius 3 is 2.50 bits per heavy atom. The lowest BCUT2D eigenvalue weighted by atomic mass is 9.88. The molecule has 0 bridgehead atoms. The molecule has 0 unspecified atom stereocenters. The fourth-order valence-corrected chi connectivity index (χ4v) is 1.59. The van der Waals surface area contributed by atoms with Gasteiger partial charge in [0.2, 0.25) is 0 Å². The van der Waals surface area contributed by atoms with E-state index in [1.165, 1.54) is 12.8 Å². The Bertz CT molecular complexity index is 149. The smallest absolute Gasteiger partial charge is 0.0700 e. The second-order valence-corrected chi connectivity index (χ2v) is 5.05. The molecule has 1 N–H and O–H groups in total. The predicted molar refractivity (Wildman–Crippen MR) is 68.9 cm³/mol. The zero-order valence-corrected chi connectivity index (χ0v) is 11.5. The number of hydrogen-bond acceptors (Lipinski definition) is 3. The quantitative estimate of drug-likeness (QED) is 0.554. The minimum Gasteiger partial charge on any atom is -0.382 e. The van der Waals surface area contributed by atoms with Crippen molar-refractivity contribution in [3.8, 4) is 0 Å². The third-order valence-electron chi connectivity index (χ3n) is 2.60. The second-order valence-electron chi connectivity index (χ2n) is 5.05. The van der Waals surface area contributed by atoms with Gasteiger partial charge in [-0.05, 0) is 31.2 Å². The van der Waals surface area contributed by atoms with Gasteiger partial charge in [0, 0.05) is 20.3 Å². The van der Waals surface area contributed by atoms with E-state index in [2.05, 4.69) is 26.1 Å². The molecule has 0 saturated carbocycles. The third-order valence-corrected chi connectivity index (χ3v) is 2.60. The van der Waals surface area contributed by atoms with E-state index in [4.69, 9.17) is 9.47 Å². The number of ether oxygens (including phenoxy) is 2. The van der Waals surface area contributed by atoms with Crippen molar-refractivity contribution in [1.82, 2.24) is 5.32 Å². The molecule has 0 aliphatic rings. The van der Waals surface area contributed by atoms with Gasteiger partial charge in [-0.15, -0.1) is 0 Å². The summed E-state index contributed by atoms with van der Waals surface area (Å²) in [4.78, 5) is 0. The van der Waals surface area contributed by atoms with Gasteiger partial charge >= 0.3 is 0 Å². The van der Waals surface area contributed by atoms with Gasteiger partial charge in [-0.3, -0.25) is 0 Å². The van der Waals surface area contributed by atoms with Gasteiger partial charge in [0.1, 0.15) is 0 Å². The van der Waals surface area contributed by atoms with Gasteiger partial charge in [0.25, 0.3) is 0 Å². The Kier molecular flexibility index (Phi) is 9.99. The maximum Gasteiger partial charge on any atom is 0.0700 e. The van der Waals surface area contributed by atoms with Crippen LogP contribution in [0.15, 0.2) is 0 Å². The molecule has 3 heteroatoms. The molecule has 0 atom stereocenters. The molecule has 0 rings (SSSR count). The average molecular weight is 231 g/mol. The van der Waals surface area contributed by atoms with E-state index in [0.29, 0.717) is 18.6 Å². The minimum atomic E-state index is 0.375. The van der Waals surface area contributed by atoms with Crippen molar-refractivity contribution in [3.05, 3.63) is 0 Å². The molecule has 3 nitrogen and oxygen atoms in total. The van der Waals surface area contributed by atoms with Gasteiger partial charge < -0.3 is 14.8 Å². The topological polar surface area (TPSA) is 30.5 Å². The molecule has 0 heterocycles. The highest BCUT2D eigenvalue weighted by Crippen LogP contribution is 2.20. The zero-order chi connectivity index (χ0) is 12.3. The lowest BCUT2D eigenvalue weighted by Crippen LogP contribution is -2.30. The standard InChI is InChI=1S/C13H29NO2/c1-5-8-14-12-13(2,3)7-6-9-16-11-10-15-4/h14H,5-12H2,1-4H3. The van der Waals surface area contributed by atoms with E-state index in [1.807, 2.05) is 0 Å². The summed E-state index contributed by atoms with van der Waals surface area (Å²) >= 11 is 0. The second kappa shape index (κ2) is 10.1. The maximum atomic E-state index is 5.45. The molecule has 0 amide bonds. The minimum absolute atomic E-state index is 0.375. The summed E-state index contributed by atoms with van der Waals surface area (Å²) in [6.07, 6.45) is 3.54. The lowest BCUT2D eigenvalue weighted by molar-refractivity contribution is 0.0649. The van der Waals surface area contributed by atoms with Crippen LogP contribution in [0, 0.1) is 5.41 Å². The summed E-state index contributed by atoms with van der Waals surface area (Å²) in [6.45, 7) is 11.3. The van der Waals surface area contributed by atoms with E-state index in [-0.39, 0.29) is 0 Å². The molecule has 0 aromatic carbocycles. The first-order valence-electron chi connectivity index (χ1n) is 6.40. The number of methoxy groups -OCH3 is 1. The molecule has 0 aliphatic heterocycles. The highest BCUT2D eigenvalue weighted by atomic mass is 16.5. The van der Waals surface area contributed by atoms with Crippen LogP contribution in [-0.4, -0.2) is 40.0 Å². The number of nitrogens with one attached hydrogen (secondary N) is 1. The van der Waals surface area contributed by atoms with Crippen LogP contribution in [-0.2, 0) is 9.47 Å². The van der Waals surface area contributed by atoms with Gasteiger partial charge in [-0.25, -0.2) is 0 Å². The van der Waals surface area contributed by atoms with Crippen molar-refractivity contribution >= 4 is 0 Å². The van der Waals surface area contributed by atoms with Gasteiger partial charge in [0.05, 0.1) is 13.2 Å². The van der Waals surface area contributed by atoms with Crippen LogP contribution in [0.2, 0.25) is 0 Å². The summed E-state index contributed by atoms with van der Waals surface area (Å²) < 4.78 is 10.4. The van der Waals surface area contributed by atoms with E-state index in [9.17, 15) is 0 Å². The molecule has 0 aromatic heterocycles. The number of rotatable bonds is 11. The Balaban J connectivity index is 3.35. The molecule has 0 saturated heterocycles. The van der Waals surface area contributed by atoms with Crippen LogP contribution >= 0.6 is 0 Å². The van der Waals surface area contributed by atoms with Crippen LogP contribution in [0.5, 0.6) is 0 Å². The molecule has 98 valence electrons. The van der Waals surface area contributed by atoms with Crippen LogP contribution in [0.3, 0.4) is 0 Å². The lowest BCUT2D eigenvalue weighted by Gasteiger charge is -2.25. The first-order chi connectivity index (χ1) is 7.62. The SMILES string of the molecule is CCCNCC(C)(C)CCCOCCOC. The summed E-state index contributed by atoms with van der Waals surface area (Å²) in [5.74, 6) is 0. The van der Waals surface area contributed by atoms with Gasteiger partial charge in [-0.1, -0.05) is 20.8 Å².